The van der Waals surface area contributed by atoms with E-state index in [4.69, 9.17) is 9.84 Å². The maximum atomic E-state index is 13.3. The van der Waals surface area contributed by atoms with Crippen molar-refractivity contribution in [3.63, 3.8) is 0 Å². The fourth-order valence-corrected chi connectivity index (χ4v) is 5.58. The van der Waals surface area contributed by atoms with E-state index in [0.717, 1.165) is 40.2 Å². The fraction of sp³-hybridized carbons (Fsp3) is 0.103. The van der Waals surface area contributed by atoms with E-state index in [2.05, 4.69) is 23.1 Å². The number of aromatic nitrogens is 5. The molecule has 37 heavy (non-hydrogen) atoms. The first-order chi connectivity index (χ1) is 18.1. The first-order valence-electron chi connectivity index (χ1n) is 12.0. The van der Waals surface area contributed by atoms with Gasteiger partial charge in [0.2, 0.25) is 4.96 Å². The Hall–Kier alpha value is -4.56. The summed E-state index contributed by atoms with van der Waals surface area (Å²) in [7, 11) is 0. The molecule has 8 heteroatoms. The van der Waals surface area contributed by atoms with Crippen LogP contribution in [0.15, 0.2) is 89.9 Å². The molecule has 7 nitrogen and oxygen atoms in total. The minimum Gasteiger partial charge on any atom is -0.490 e. The zero-order valence-corrected chi connectivity index (χ0v) is 20.7. The summed E-state index contributed by atoms with van der Waals surface area (Å²) in [4.78, 5) is 18.5. The molecule has 180 valence electrons. The lowest BCUT2D eigenvalue weighted by atomic mass is 10.0. The van der Waals surface area contributed by atoms with E-state index in [9.17, 15) is 4.79 Å². The van der Waals surface area contributed by atoms with Gasteiger partial charge in [0, 0.05) is 29.3 Å². The lowest BCUT2D eigenvalue weighted by molar-refractivity contribution is 0.254. The highest BCUT2D eigenvalue weighted by molar-refractivity contribution is 7.15. The Bertz CT molecular complexity index is 1870. The predicted octanol–water partition coefficient (Wildman–Crippen LogP) is 4.54. The molecule has 3 aromatic heterocycles. The third-order valence-corrected chi connectivity index (χ3v) is 7.39. The number of hydrogen-bond acceptors (Lipinski definition) is 6. The first kappa shape index (κ1) is 21.7. The minimum absolute atomic E-state index is 0.164. The highest BCUT2D eigenvalue weighted by atomic mass is 32.1. The molecule has 1 aliphatic rings. The molecule has 3 aromatic carbocycles. The molecular formula is C29H21N5O2S. The van der Waals surface area contributed by atoms with Crippen LogP contribution in [0.3, 0.4) is 0 Å². The van der Waals surface area contributed by atoms with Crippen molar-refractivity contribution >= 4 is 22.4 Å². The average Bonchev–Trinajstić information content (AvgIpc) is 3.69. The highest BCUT2D eigenvalue weighted by Gasteiger charge is 2.21. The number of nitrogens with zero attached hydrogens (tertiary/aromatic N) is 5. The maximum absolute atomic E-state index is 13.3. The summed E-state index contributed by atoms with van der Waals surface area (Å²) in [5.74, 6) is 1.47. The highest BCUT2D eigenvalue weighted by Crippen LogP contribution is 2.34. The van der Waals surface area contributed by atoms with Crippen LogP contribution in [0.5, 0.6) is 5.75 Å². The predicted molar refractivity (Wildman–Crippen MR) is 144 cm³/mol. The van der Waals surface area contributed by atoms with Crippen molar-refractivity contribution in [3.05, 3.63) is 111 Å². The number of benzene rings is 3. The summed E-state index contributed by atoms with van der Waals surface area (Å²) >= 11 is 1.33. The SMILES string of the molecule is C[C@H]1Cc2cc(-c3nn(-c4ccccc4)cc3/C=c3\sc4nc(-c5ccccc5)nn4c3=O)ccc2O1. The lowest BCUT2D eigenvalue weighted by Gasteiger charge is -2.04. The molecule has 0 unspecified atom stereocenters. The Labute approximate surface area is 215 Å². The van der Waals surface area contributed by atoms with E-state index < -0.39 is 0 Å². The van der Waals surface area contributed by atoms with Crippen LogP contribution in [0.4, 0.5) is 0 Å². The van der Waals surface area contributed by atoms with Crippen LogP contribution >= 0.6 is 11.3 Å². The van der Waals surface area contributed by atoms with E-state index >= 15 is 0 Å². The van der Waals surface area contributed by atoms with Crippen LogP contribution < -0.4 is 14.8 Å². The number of para-hydroxylation sites is 1. The second-order valence-electron chi connectivity index (χ2n) is 9.08. The summed E-state index contributed by atoms with van der Waals surface area (Å²) < 4.78 is 9.68. The molecular weight excluding hydrogens is 482 g/mol. The monoisotopic (exact) mass is 503 g/mol. The molecule has 1 aliphatic heterocycles. The third-order valence-electron chi connectivity index (χ3n) is 6.43. The van der Waals surface area contributed by atoms with Crippen LogP contribution in [0.2, 0.25) is 0 Å². The van der Waals surface area contributed by atoms with E-state index in [1.54, 1.807) is 0 Å². The van der Waals surface area contributed by atoms with Crippen molar-refractivity contribution in [1.29, 1.82) is 0 Å². The Kier molecular flexibility index (Phi) is 5.00. The molecule has 0 amide bonds. The van der Waals surface area contributed by atoms with Gasteiger partial charge >= 0.3 is 0 Å². The van der Waals surface area contributed by atoms with E-state index in [0.29, 0.717) is 15.3 Å². The summed E-state index contributed by atoms with van der Waals surface area (Å²) in [5, 5.41) is 9.40. The zero-order valence-electron chi connectivity index (χ0n) is 19.9. The fourth-order valence-electron chi connectivity index (χ4n) is 4.68. The second kappa shape index (κ2) is 8.53. The number of thiazole rings is 1. The largest absolute Gasteiger partial charge is 0.490 e. The van der Waals surface area contributed by atoms with Gasteiger partial charge in [-0.25, -0.2) is 4.68 Å². The van der Waals surface area contributed by atoms with Gasteiger partial charge in [-0.15, -0.1) is 5.10 Å². The molecule has 0 fully saturated rings. The van der Waals surface area contributed by atoms with Crippen molar-refractivity contribution in [2.75, 3.05) is 0 Å². The molecule has 0 aliphatic carbocycles. The molecule has 0 N–H and O–H groups in total. The molecule has 0 saturated carbocycles. The lowest BCUT2D eigenvalue weighted by Crippen LogP contribution is -2.23. The quantitative estimate of drug-likeness (QED) is 0.353. The van der Waals surface area contributed by atoms with Gasteiger partial charge in [0.15, 0.2) is 5.82 Å². The molecule has 0 radical (unpaired) electrons. The summed E-state index contributed by atoms with van der Waals surface area (Å²) in [6.45, 7) is 2.07. The molecule has 0 spiro atoms. The maximum Gasteiger partial charge on any atom is 0.291 e. The molecule has 4 heterocycles. The van der Waals surface area contributed by atoms with Crippen LogP contribution in [-0.4, -0.2) is 30.5 Å². The van der Waals surface area contributed by atoms with Gasteiger partial charge in [0.25, 0.3) is 5.56 Å². The third kappa shape index (κ3) is 3.82. The normalized spacial score (nSPS) is 15.3. The van der Waals surface area contributed by atoms with Crippen molar-refractivity contribution in [1.82, 2.24) is 24.4 Å². The standard InChI is InChI=1S/C29H21N5O2S/c1-18-14-21-15-20(12-13-24(21)36-18)26-22(17-33(31-26)23-10-6-3-7-11-23)16-25-28(35)34-29(37-25)30-27(32-34)19-8-4-2-5-9-19/h2-13,15-18H,14H2,1H3/b25-16-/t18-/m0/s1. The first-order valence-corrected chi connectivity index (χ1v) is 12.9. The van der Waals surface area contributed by atoms with Crippen LogP contribution in [0.1, 0.15) is 18.1 Å². The Balaban J connectivity index is 1.37. The van der Waals surface area contributed by atoms with Crippen LogP contribution in [-0.2, 0) is 6.42 Å². The van der Waals surface area contributed by atoms with E-state index in [-0.39, 0.29) is 11.7 Å². The van der Waals surface area contributed by atoms with E-state index in [1.165, 1.54) is 21.4 Å². The van der Waals surface area contributed by atoms with Gasteiger partial charge in [-0.1, -0.05) is 59.9 Å². The van der Waals surface area contributed by atoms with Crippen molar-refractivity contribution in [2.45, 2.75) is 19.4 Å². The number of rotatable bonds is 4. The van der Waals surface area contributed by atoms with Gasteiger partial charge in [0.1, 0.15) is 17.5 Å². The molecule has 1 atom stereocenters. The Morgan fingerprint density at radius 2 is 1.76 bits per heavy atom. The number of ether oxygens (including phenoxy) is 1. The van der Waals surface area contributed by atoms with E-state index in [1.807, 2.05) is 89.8 Å². The van der Waals surface area contributed by atoms with Gasteiger partial charge in [-0.05, 0) is 48.9 Å². The number of fused-ring (bicyclic) bond motifs is 2. The number of hydrogen-bond donors (Lipinski definition) is 0. The summed E-state index contributed by atoms with van der Waals surface area (Å²) in [6.07, 6.45) is 4.88. The summed E-state index contributed by atoms with van der Waals surface area (Å²) in [6, 6.07) is 25.8. The molecule has 6 aromatic rings. The van der Waals surface area contributed by atoms with Gasteiger partial charge in [0.05, 0.1) is 10.2 Å². The second-order valence-corrected chi connectivity index (χ2v) is 10.1. The summed E-state index contributed by atoms with van der Waals surface area (Å²) in [5.41, 5.74) is 5.43. The molecule has 7 rings (SSSR count). The average molecular weight is 504 g/mol. The smallest absolute Gasteiger partial charge is 0.291 e. The van der Waals surface area contributed by atoms with Gasteiger partial charge in [-0.3, -0.25) is 4.79 Å². The van der Waals surface area contributed by atoms with Crippen molar-refractivity contribution in [3.8, 4) is 34.1 Å². The van der Waals surface area contributed by atoms with Gasteiger partial charge in [-0.2, -0.15) is 14.6 Å². The Morgan fingerprint density at radius 1 is 0.973 bits per heavy atom. The molecule has 0 bridgehead atoms. The van der Waals surface area contributed by atoms with Crippen molar-refractivity contribution in [2.24, 2.45) is 0 Å². The van der Waals surface area contributed by atoms with Crippen LogP contribution in [0, 0.1) is 0 Å². The Morgan fingerprint density at radius 3 is 2.54 bits per heavy atom. The van der Waals surface area contributed by atoms with Crippen LogP contribution in [0.25, 0.3) is 39.4 Å². The van der Waals surface area contributed by atoms with Crippen molar-refractivity contribution < 1.29 is 4.74 Å². The van der Waals surface area contributed by atoms with Gasteiger partial charge < -0.3 is 4.74 Å². The zero-order chi connectivity index (χ0) is 24.9. The molecule has 0 saturated heterocycles. The topological polar surface area (TPSA) is 74.3 Å². The minimum atomic E-state index is -0.190.